The molecule has 1 aliphatic heterocycles. The maximum atomic E-state index is 12.1. The third-order valence-corrected chi connectivity index (χ3v) is 2.93. The van der Waals surface area contributed by atoms with Gasteiger partial charge in [-0.15, -0.1) is 0 Å². The van der Waals surface area contributed by atoms with E-state index in [1.54, 1.807) is 17.0 Å². The number of hydrogen-bond acceptors (Lipinski definition) is 2. The van der Waals surface area contributed by atoms with Crippen LogP contribution < -0.4 is 0 Å². The maximum Gasteiger partial charge on any atom is 0.254 e. The molecule has 0 radical (unpaired) electrons. The van der Waals surface area contributed by atoms with Crippen molar-refractivity contribution in [1.82, 2.24) is 4.90 Å². The second-order valence-corrected chi connectivity index (χ2v) is 4.01. The molecule has 1 unspecified atom stereocenters. The summed E-state index contributed by atoms with van der Waals surface area (Å²) in [5.41, 5.74) is 0.671. The van der Waals surface area contributed by atoms with Gasteiger partial charge in [0.05, 0.1) is 6.07 Å². The van der Waals surface area contributed by atoms with E-state index in [-0.39, 0.29) is 11.9 Å². The van der Waals surface area contributed by atoms with Gasteiger partial charge in [-0.2, -0.15) is 5.26 Å². The first-order valence-electron chi connectivity index (χ1n) is 5.58. The molecule has 16 heavy (non-hydrogen) atoms. The number of hydrogen-bond donors (Lipinski definition) is 0. The molecule has 1 saturated heterocycles. The number of nitrogens with zero attached hydrogens (tertiary/aromatic N) is 2. The predicted octanol–water partition coefficient (Wildman–Crippen LogP) is 2.20. The van der Waals surface area contributed by atoms with E-state index in [1.807, 2.05) is 18.2 Å². The molecule has 1 heterocycles. The molecule has 1 aliphatic rings. The summed E-state index contributed by atoms with van der Waals surface area (Å²) in [6.07, 6.45) is 2.84. The number of amides is 1. The van der Waals surface area contributed by atoms with E-state index in [4.69, 9.17) is 5.26 Å². The third-order valence-electron chi connectivity index (χ3n) is 2.93. The zero-order valence-corrected chi connectivity index (χ0v) is 9.10. The van der Waals surface area contributed by atoms with Gasteiger partial charge in [-0.25, -0.2) is 0 Å². The Labute approximate surface area is 95.3 Å². The predicted molar refractivity (Wildman–Crippen MR) is 60.7 cm³/mol. The highest BCUT2D eigenvalue weighted by Gasteiger charge is 2.26. The third kappa shape index (κ3) is 2.06. The van der Waals surface area contributed by atoms with Crippen molar-refractivity contribution >= 4 is 5.91 Å². The largest absolute Gasteiger partial charge is 0.323 e. The van der Waals surface area contributed by atoms with Crippen LogP contribution in [0, 0.1) is 11.3 Å². The lowest BCUT2D eigenvalue weighted by Gasteiger charge is -2.31. The Morgan fingerprint density at radius 3 is 2.75 bits per heavy atom. The van der Waals surface area contributed by atoms with Crippen LogP contribution in [0.5, 0.6) is 0 Å². The molecule has 0 N–H and O–H groups in total. The lowest BCUT2D eigenvalue weighted by atomic mass is 10.0. The zero-order valence-electron chi connectivity index (χ0n) is 9.10. The Balaban J connectivity index is 2.18. The van der Waals surface area contributed by atoms with Crippen LogP contribution in [0.3, 0.4) is 0 Å². The maximum absolute atomic E-state index is 12.1. The van der Waals surface area contributed by atoms with Gasteiger partial charge in [-0.3, -0.25) is 4.79 Å². The van der Waals surface area contributed by atoms with Gasteiger partial charge in [-0.1, -0.05) is 18.2 Å². The summed E-state index contributed by atoms with van der Waals surface area (Å²) in [6, 6.07) is 11.1. The van der Waals surface area contributed by atoms with Crippen molar-refractivity contribution in [2.75, 3.05) is 6.54 Å². The summed E-state index contributed by atoms with van der Waals surface area (Å²) in [6.45, 7) is 0.700. The number of benzene rings is 1. The summed E-state index contributed by atoms with van der Waals surface area (Å²) in [5.74, 6) is -0.0214. The normalized spacial score (nSPS) is 20.2. The number of piperidine rings is 1. The molecule has 0 saturated carbocycles. The van der Waals surface area contributed by atoms with Crippen LogP contribution in [0.25, 0.3) is 0 Å². The number of nitriles is 1. The van der Waals surface area contributed by atoms with Crippen LogP contribution in [0.15, 0.2) is 30.3 Å². The van der Waals surface area contributed by atoms with E-state index >= 15 is 0 Å². The minimum Gasteiger partial charge on any atom is -0.323 e. The first kappa shape index (κ1) is 10.7. The number of carbonyl (C=O) groups is 1. The molecular weight excluding hydrogens is 200 g/mol. The quantitative estimate of drug-likeness (QED) is 0.719. The van der Waals surface area contributed by atoms with Crippen LogP contribution in [-0.2, 0) is 0 Å². The van der Waals surface area contributed by atoms with Gasteiger partial charge < -0.3 is 4.90 Å². The Kier molecular flexibility index (Phi) is 3.21. The zero-order chi connectivity index (χ0) is 11.4. The van der Waals surface area contributed by atoms with Gasteiger partial charge in [0.25, 0.3) is 5.91 Å². The fraction of sp³-hybridized carbons (Fsp3) is 0.385. The number of carbonyl (C=O) groups excluding carboxylic acids is 1. The van der Waals surface area contributed by atoms with Crippen molar-refractivity contribution in [2.45, 2.75) is 25.3 Å². The molecule has 1 aromatic rings. The Morgan fingerprint density at radius 1 is 1.31 bits per heavy atom. The van der Waals surface area contributed by atoms with E-state index in [0.29, 0.717) is 12.1 Å². The smallest absolute Gasteiger partial charge is 0.254 e. The van der Waals surface area contributed by atoms with Crippen LogP contribution in [0.2, 0.25) is 0 Å². The summed E-state index contributed by atoms with van der Waals surface area (Å²) >= 11 is 0. The fourth-order valence-corrected chi connectivity index (χ4v) is 2.06. The van der Waals surface area contributed by atoms with Crippen molar-refractivity contribution in [3.63, 3.8) is 0 Å². The molecule has 1 amide bonds. The lowest BCUT2D eigenvalue weighted by molar-refractivity contribution is 0.0670. The lowest BCUT2D eigenvalue weighted by Crippen LogP contribution is -2.42. The molecule has 0 aliphatic carbocycles. The van der Waals surface area contributed by atoms with E-state index in [2.05, 4.69) is 6.07 Å². The molecule has 82 valence electrons. The van der Waals surface area contributed by atoms with Gasteiger partial charge in [0.2, 0.25) is 0 Å². The summed E-state index contributed by atoms with van der Waals surface area (Å²) in [5, 5.41) is 9.01. The molecule has 0 bridgehead atoms. The van der Waals surface area contributed by atoms with Crippen LogP contribution in [0.4, 0.5) is 0 Å². The van der Waals surface area contributed by atoms with E-state index < -0.39 is 0 Å². The molecule has 2 rings (SSSR count). The molecule has 3 nitrogen and oxygen atoms in total. The fourth-order valence-electron chi connectivity index (χ4n) is 2.06. The standard InChI is InChI=1S/C13H14N2O/c14-10-12-8-4-5-9-15(12)13(16)11-6-2-1-3-7-11/h1-3,6-7,12H,4-5,8-9H2. The summed E-state index contributed by atoms with van der Waals surface area (Å²) in [7, 11) is 0. The molecule has 0 spiro atoms. The number of rotatable bonds is 1. The van der Waals surface area contributed by atoms with Crippen molar-refractivity contribution in [3.05, 3.63) is 35.9 Å². The Morgan fingerprint density at radius 2 is 2.06 bits per heavy atom. The van der Waals surface area contributed by atoms with Crippen molar-refractivity contribution in [2.24, 2.45) is 0 Å². The van der Waals surface area contributed by atoms with Crippen molar-refractivity contribution < 1.29 is 4.79 Å². The summed E-state index contributed by atoms with van der Waals surface area (Å²) < 4.78 is 0. The molecular formula is C13H14N2O. The highest BCUT2D eigenvalue weighted by Crippen LogP contribution is 2.18. The topological polar surface area (TPSA) is 44.1 Å². The summed E-state index contributed by atoms with van der Waals surface area (Å²) in [4.78, 5) is 13.8. The molecule has 1 fully saturated rings. The first-order valence-corrected chi connectivity index (χ1v) is 5.58. The highest BCUT2D eigenvalue weighted by molar-refractivity contribution is 5.94. The average Bonchev–Trinajstić information content (AvgIpc) is 2.39. The van der Waals surface area contributed by atoms with Crippen molar-refractivity contribution in [3.8, 4) is 6.07 Å². The minimum atomic E-state index is -0.249. The second kappa shape index (κ2) is 4.80. The van der Waals surface area contributed by atoms with Gasteiger partial charge in [0.1, 0.15) is 6.04 Å². The Bertz CT molecular complexity index is 408. The SMILES string of the molecule is N#CC1CCCCN1C(=O)c1ccccc1. The molecule has 1 aromatic carbocycles. The monoisotopic (exact) mass is 214 g/mol. The van der Waals surface area contributed by atoms with Crippen LogP contribution in [0.1, 0.15) is 29.6 Å². The molecule has 3 heteroatoms. The number of likely N-dealkylation sites (tertiary alicyclic amines) is 1. The molecule has 0 aromatic heterocycles. The van der Waals surface area contributed by atoms with E-state index in [0.717, 1.165) is 19.3 Å². The first-order chi connectivity index (χ1) is 7.83. The van der Waals surface area contributed by atoms with Gasteiger partial charge in [0, 0.05) is 12.1 Å². The van der Waals surface area contributed by atoms with Crippen molar-refractivity contribution in [1.29, 1.82) is 5.26 Å². The van der Waals surface area contributed by atoms with E-state index in [1.165, 1.54) is 0 Å². The Hall–Kier alpha value is -1.82. The van der Waals surface area contributed by atoms with Gasteiger partial charge in [0.15, 0.2) is 0 Å². The second-order valence-electron chi connectivity index (χ2n) is 4.01. The van der Waals surface area contributed by atoms with Crippen LogP contribution >= 0.6 is 0 Å². The van der Waals surface area contributed by atoms with E-state index in [9.17, 15) is 4.79 Å². The average molecular weight is 214 g/mol. The highest BCUT2D eigenvalue weighted by atomic mass is 16.2. The van der Waals surface area contributed by atoms with Gasteiger partial charge >= 0.3 is 0 Å². The molecule has 1 atom stereocenters. The minimum absolute atomic E-state index is 0.0214. The van der Waals surface area contributed by atoms with Gasteiger partial charge in [-0.05, 0) is 31.4 Å². The van der Waals surface area contributed by atoms with Crippen LogP contribution in [-0.4, -0.2) is 23.4 Å².